The number of carbonyl (C=O) groups is 1. The van der Waals surface area contributed by atoms with Crippen LogP contribution in [0.15, 0.2) is 30.3 Å². The lowest BCUT2D eigenvalue weighted by molar-refractivity contribution is -0.126. The number of amides is 1. The molecule has 4 rings (SSSR count). The van der Waals surface area contributed by atoms with Crippen molar-refractivity contribution in [2.45, 2.75) is 31.5 Å². The summed E-state index contributed by atoms with van der Waals surface area (Å²) in [6, 6.07) is 7.65. The smallest absolute Gasteiger partial charge is 0.393 e. The van der Waals surface area contributed by atoms with Gasteiger partial charge in [0, 0.05) is 32.4 Å². The highest BCUT2D eigenvalue weighted by Crippen LogP contribution is 2.39. The highest BCUT2D eigenvalue weighted by atomic mass is 32.1. The molecule has 1 aliphatic rings. The number of fused-ring (bicyclic) bond motifs is 1. The van der Waals surface area contributed by atoms with E-state index in [1.54, 1.807) is 12.1 Å². The molecule has 1 amide bonds. The Kier molecular flexibility index (Phi) is 9.35. The molecule has 1 fully saturated rings. The van der Waals surface area contributed by atoms with E-state index in [4.69, 9.17) is 16.0 Å². The summed E-state index contributed by atoms with van der Waals surface area (Å²) in [5.41, 5.74) is 0.763. The molecule has 2 aromatic carbocycles. The van der Waals surface area contributed by atoms with Crippen LogP contribution in [-0.4, -0.2) is 51.7 Å². The van der Waals surface area contributed by atoms with Gasteiger partial charge in [-0.3, -0.25) is 9.64 Å². The Hall–Kier alpha value is -4.00. The van der Waals surface area contributed by atoms with Crippen LogP contribution >= 0.6 is 11.3 Å². The molecule has 2 heterocycles. The summed E-state index contributed by atoms with van der Waals surface area (Å²) >= 11 is 1.19. The molecule has 3 aromatic rings. The predicted molar refractivity (Wildman–Crippen MR) is 146 cm³/mol. The second-order valence-corrected chi connectivity index (χ2v) is 9.93. The average Bonchev–Trinajstić information content (AvgIpc) is 3.27. The molecule has 0 radical (unpaired) electrons. The number of thiophene rings is 1. The standard InChI is InChI=1S/C28H26F4N4O3S/c1-33-16-39-24-13-19(27(37)34-2)21(29)14-23(24)35-10-4-7-25-20(15-28(30,31)32)18-5-3-6-22(26(18)40-25)36-17-8-11-38-12-9-17/h3,5-6,13-14,17,35-36H,8-12,15-16H2,2H3,(H,34,37). The molecule has 1 aromatic heterocycles. The molecule has 40 heavy (non-hydrogen) atoms. The van der Waals surface area contributed by atoms with Crippen LogP contribution in [0.1, 0.15) is 33.6 Å². The topological polar surface area (TPSA) is 76.0 Å². The number of hydrogen-bond donors (Lipinski definition) is 3. The third kappa shape index (κ3) is 7.14. The first kappa shape index (κ1) is 29.0. The van der Waals surface area contributed by atoms with Gasteiger partial charge in [0.1, 0.15) is 5.82 Å². The number of ether oxygens (including phenoxy) is 2. The Morgan fingerprint density at radius 3 is 2.73 bits per heavy atom. The Bertz CT molecular complexity index is 1480. The van der Waals surface area contributed by atoms with Crippen molar-refractivity contribution in [3.8, 4) is 17.6 Å². The minimum absolute atomic E-state index is 0.0555. The van der Waals surface area contributed by atoms with E-state index in [2.05, 4.69) is 32.6 Å². The molecule has 0 aliphatic carbocycles. The highest BCUT2D eigenvalue weighted by Gasteiger charge is 2.31. The van der Waals surface area contributed by atoms with Crippen molar-refractivity contribution in [2.75, 3.05) is 44.2 Å². The van der Waals surface area contributed by atoms with Crippen molar-refractivity contribution < 1.29 is 31.8 Å². The van der Waals surface area contributed by atoms with Gasteiger partial charge >= 0.3 is 12.9 Å². The molecule has 0 saturated carbocycles. The Morgan fingerprint density at radius 2 is 2.02 bits per heavy atom. The minimum Gasteiger partial charge on any atom is -0.424 e. The lowest BCUT2D eigenvalue weighted by Gasteiger charge is -2.24. The lowest BCUT2D eigenvalue weighted by Crippen LogP contribution is -2.27. The molecule has 0 spiro atoms. The largest absolute Gasteiger partial charge is 0.424 e. The van der Waals surface area contributed by atoms with Crippen LogP contribution in [0.4, 0.5) is 28.9 Å². The van der Waals surface area contributed by atoms with E-state index in [9.17, 15) is 22.4 Å². The second-order valence-electron chi connectivity index (χ2n) is 8.91. The molecule has 3 N–H and O–H groups in total. The van der Waals surface area contributed by atoms with Crippen molar-refractivity contribution in [1.29, 1.82) is 0 Å². The number of rotatable bonds is 8. The number of alkyl halides is 3. The average molecular weight is 575 g/mol. The first-order chi connectivity index (χ1) is 19.2. The SMILES string of the molecule is [C-]#[N+]COc1cc(C(=O)NC)c(F)cc1NCC#Cc1sc2c(NC3CCOCC3)cccc2c1CC(F)(F)F. The maximum Gasteiger partial charge on any atom is 0.393 e. The molecular formula is C28H26F4N4O3S. The first-order valence-corrected chi connectivity index (χ1v) is 13.2. The van der Waals surface area contributed by atoms with E-state index in [1.165, 1.54) is 24.5 Å². The van der Waals surface area contributed by atoms with Gasteiger partial charge in [-0.1, -0.05) is 24.0 Å². The van der Waals surface area contributed by atoms with Crippen LogP contribution < -0.4 is 20.7 Å². The zero-order chi connectivity index (χ0) is 28.7. The lowest BCUT2D eigenvalue weighted by atomic mass is 10.1. The van der Waals surface area contributed by atoms with E-state index >= 15 is 0 Å². The molecule has 0 bridgehead atoms. The van der Waals surface area contributed by atoms with Crippen molar-refractivity contribution in [2.24, 2.45) is 0 Å². The molecule has 0 unspecified atom stereocenters. The van der Waals surface area contributed by atoms with Gasteiger partial charge < -0.3 is 25.4 Å². The van der Waals surface area contributed by atoms with Crippen LogP contribution in [0.2, 0.25) is 0 Å². The van der Waals surface area contributed by atoms with E-state index in [1.807, 2.05) is 6.07 Å². The summed E-state index contributed by atoms with van der Waals surface area (Å²) in [5.74, 6) is 4.26. The van der Waals surface area contributed by atoms with Crippen LogP contribution in [0.3, 0.4) is 0 Å². The highest BCUT2D eigenvalue weighted by molar-refractivity contribution is 7.20. The van der Waals surface area contributed by atoms with E-state index in [0.717, 1.165) is 24.6 Å². The molecule has 0 atom stereocenters. The van der Waals surface area contributed by atoms with Gasteiger partial charge in [0.25, 0.3) is 5.91 Å². The summed E-state index contributed by atoms with van der Waals surface area (Å²) in [7, 11) is 1.36. The van der Waals surface area contributed by atoms with Crippen LogP contribution in [0, 0.1) is 24.2 Å². The van der Waals surface area contributed by atoms with E-state index in [0.29, 0.717) is 28.2 Å². The number of nitrogens with one attached hydrogen (secondary N) is 3. The summed E-state index contributed by atoms with van der Waals surface area (Å²) in [6.45, 7) is 7.78. The van der Waals surface area contributed by atoms with Gasteiger partial charge in [-0.2, -0.15) is 13.2 Å². The van der Waals surface area contributed by atoms with Crippen molar-refractivity contribution >= 4 is 38.7 Å². The summed E-state index contributed by atoms with van der Waals surface area (Å²) in [4.78, 5) is 15.3. The molecule has 7 nitrogen and oxygen atoms in total. The Labute approximate surface area is 232 Å². The zero-order valence-electron chi connectivity index (χ0n) is 21.5. The maximum atomic E-state index is 14.5. The fourth-order valence-corrected chi connectivity index (χ4v) is 5.48. The quantitative estimate of drug-likeness (QED) is 0.180. The number of halogens is 4. The number of hydrogen-bond acceptors (Lipinski definition) is 6. The fourth-order valence-electron chi connectivity index (χ4n) is 4.31. The number of nitrogens with zero attached hydrogens (tertiary/aromatic N) is 1. The first-order valence-electron chi connectivity index (χ1n) is 12.4. The number of anilines is 2. The molecule has 12 heteroatoms. The van der Waals surface area contributed by atoms with Gasteiger partial charge in [0.15, 0.2) is 5.75 Å². The molecule has 1 aliphatic heterocycles. The number of benzene rings is 2. The fraction of sp³-hybridized carbons (Fsp3) is 0.357. The Balaban J connectivity index is 1.61. The zero-order valence-corrected chi connectivity index (χ0v) is 22.3. The van der Waals surface area contributed by atoms with Gasteiger partial charge in [0.2, 0.25) is 0 Å². The monoisotopic (exact) mass is 574 g/mol. The third-order valence-corrected chi connectivity index (χ3v) is 7.37. The predicted octanol–water partition coefficient (Wildman–Crippen LogP) is 5.81. The number of carbonyl (C=O) groups excluding carboxylic acids is 1. The molecule has 210 valence electrons. The summed E-state index contributed by atoms with van der Waals surface area (Å²) < 4.78 is 66.5. The summed E-state index contributed by atoms with van der Waals surface area (Å²) in [6.07, 6.45) is -3.93. The molecular weight excluding hydrogens is 548 g/mol. The van der Waals surface area contributed by atoms with Crippen LogP contribution in [0.25, 0.3) is 14.9 Å². The minimum atomic E-state index is -4.42. The van der Waals surface area contributed by atoms with Crippen molar-refractivity contribution in [3.05, 3.63) is 63.6 Å². The van der Waals surface area contributed by atoms with E-state index in [-0.39, 0.29) is 41.9 Å². The van der Waals surface area contributed by atoms with E-state index < -0.39 is 24.3 Å². The van der Waals surface area contributed by atoms with Gasteiger partial charge in [-0.05, 0) is 35.9 Å². The van der Waals surface area contributed by atoms with Gasteiger partial charge in [-0.25, -0.2) is 11.0 Å². The van der Waals surface area contributed by atoms with Gasteiger partial charge in [-0.15, -0.1) is 11.3 Å². The van der Waals surface area contributed by atoms with Crippen LogP contribution in [0.5, 0.6) is 5.75 Å². The van der Waals surface area contributed by atoms with Crippen molar-refractivity contribution in [1.82, 2.24) is 5.32 Å². The molecule has 1 saturated heterocycles. The van der Waals surface area contributed by atoms with Crippen molar-refractivity contribution in [3.63, 3.8) is 0 Å². The third-order valence-electron chi connectivity index (χ3n) is 6.17. The second kappa shape index (κ2) is 12.9. The normalized spacial score (nSPS) is 13.7. The van der Waals surface area contributed by atoms with Crippen LogP contribution in [-0.2, 0) is 11.2 Å². The maximum absolute atomic E-state index is 14.5. The summed E-state index contributed by atoms with van der Waals surface area (Å²) in [5, 5.41) is 9.15. The Morgan fingerprint density at radius 1 is 1.25 bits per heavy atom. The van der Waals surface area contributed by atoms with Gasteiger partial charge in [0.05, 0.1) is 39.5 Å².